The van der Waals surface area contributed by atoms with Crippen molar-refractivity contribution >= 4 is 22.4 Å². The number of aromatic nitrogens is 3. The van der Waals surface area contributed by atoms with Gasteiger partial charge in [0.1, 0.15) is 11.6 Å². The minimum atomic E-state index is 0.412. The zero-order valence-corrected chi connectivity index (χ0v) is 16.7. The van der Waals surface area contributed by atoms with Crippen LogP contribution in [0.4, 0.5) is 11.6 Å². The molecular formula is C23H28N6. The SMILES string of the molecule is c1cc2c(N[C@H]3CCNC3)nc(-c3ccnc(NC4CCCCC4)c3)cc2cn1. The van der Waals surface area contributed by atoms with Crippen molar-refractivity contribution in [1.82, 2.24) is 20.3 Å². The number of hydrogen-bond donors (Lipinski definition) is 3. The first-order valence-corrected chi connectivity index (χ1v) is 10.8. The molecule has 3 aromatic rings. The molecule has 1 aliphatic carbocycles. The van der Waals surface area contributed by atoms with E-state index in [9.17, 15) is 0 Å². The molecule has 6 heteroatoms. The summed E-state index contributed by atoms with van der Waals surface area (Å²) < 4.78 is 0. The normalized spacial score (nSPS) is 20.1. The lowest BCUT2D eigenvalue weighted by molar-refractivity contribution is 0.462. The molecule has 1 saturated carbocycles. The highest BCUT2D eigenvalue weighted by Gasteiger charge is 2.17. The third-order valence-electron chi connectivity index (χ3n) is 6.05. The third-order valence-corrected chi connectivity index (χ3v) is 6.05. The van der Waals surface area contributed by atoms with E-state index in [0.717, 1.165) is 53.2 Å². The Labute approximate surface area is 171 Å². The number of hydrogen-bond acceptors (Lipinski definition) is 6. The summed E-state index contributed by atoms with van der Waals surface area (Å²) in [6.45, 7) is 2.03. The van der Waals surface area contributed by atoms with E-state index in [-0.39, 0.29) is 0 Å². The summed E-state index contributed by atoms with van der Waals surface area (Å²) in [7, 11) is 0. The highest BCUT2D eigenvalue weighted by molar-refractivity contribution is 5.94. The molecular weight excluding hydrogens is 360 g/mol. The molecule has 4 heterocycles. The molecule has 0 spiro atoms. The van der Waals surface area contributed by atoms with E-state index >= 15 is 0 Å². The van der Waals surface area contributed by atoms with Crippen LogP contribution in [0.5, 0.6) is 0 Å². The highest BCUT2D eigenvalue weighted by Crippen LogP contribution is 2.29. The molecule has 0 amide bonds. The molecule has 6 nitrogen and oxygen atoms in total. The van der Waals surface area contributed by atoms with Crippen molar-refractivity contribution in [3.05, 3.63) is 42.9 Å². The number of fused-ring (bicyclic) bond motifs is 1. The number of pyridine rings is 3. The van der Waals surface area contributed by atoms with Crippen molar-refractivity contribution in [1.29, 1.82) is 0 Å². The summed E-state index contributed by atoms with van der Waals surface area (Å²) in [5, 5.41) is 12.9. The average Bonchev–Trinajstić information content (AvgIpc) is 3.28. The first kappa shape index (κ1) is 18.3. The van der Waals surface area contributed by atoms with Crippen LogP contribution in [0.2, 0.25) is 0 Å². The second-order valence-corrected chi connectivity index (χ2v) is 8.20. The Hall–Kier alpha value is -2.73. The molecule has 1 aliphatic heterocycles. The summed E-state index contributed by atoms with van der Waals surface area (Å²) >= 11 is 0. The monoisotopic (exact) mass is 388 g/mol. The second-order valence-electron chi connectivity index (χ2n) is 8.20. The van der Waals surface area contributed by atoms with Gasteiger partial charge in [-0.15, -0.1) is 0 Å². The fourth-order valence-corrected chi connectivity index (χ4v) is 4.45. The van der Waals surface area contributed by atoms with Gasteiger partial charge in [0, 0.05) is 53.6 Å². The van der Waals surface area contributed by atoms with Crippen molar-refractivity contribution < 1.29 is 0 Å². The van der Waals surface area contributed by atoms with Gasteiger partial charge in [0.05, 0.1) is 5.69 Å². The largest absolute Gasteiger partial charge is 0.367 e. The Morgan fingerprint density at radius 1 is 0.931 bits per heavy atom. The first-order chi connectivity index (χ1) is 14.3. The van der Waals surface area contributed by atoms with Crippen LogP contribution in [0.15, 0.2) is 42.9 Å². The van der Waals surface area contributed by atoms with Crippen LogP contribution >= 0.6 is 0 Å². The molecule has 0 bridgehead atoms. The quantitative estimate of drug-likeness (QED) is 0.608. The third kappa shape index (κ3) is 4.17. The molecule has 1 atom stereocenters. The zero-order valence-electron chi connectivity index (χ0n) is 16.7. The molecule has 150 valence electrons. The smallest absolute Gasteiger partial charge is 0.134 e. The van der Waals surface area contributed by atoms with Gasteiger partial charge in [-0.25, -0.2) is 9.97 Å². The minimum Gasteiger partial charge on any atom is -0.367 e. The van der Waals surface area contributed by atoms with E-state index in [0.29, 0.717) is 12.1 Å². The lowest BCUT2D eigenvalue weighted by Crippen LogP contribution is -2.23. The molecule has 2 fully saturated rings. The number of nitrogens with one attached hydrogen (secondary N) is 3. The predicted molar refractivity (Wildman–Crippen MR) is 118 cm³/mol. The van der Waals surface area contributed by atoms with E-state index in [4.69, 9.17) is 4.98 Å². The van der Waals surface area contributed by atoms with Crippen molar-refractivity contribution in [2.75, 3.05) is 23.7 Å². The fourth-order valence-electron chi connectivity index (χ4n) is 4.45. The Morgan fingerprint density at radius 2 is 1.86 bits per heavy atom. The van der Waals surface area contributed by atoms with Crippen molar-refractivity contribution in [3.8, 4) is 11.3 Å². The Balaban J connectivity index is 1.46. The van der Waals surface area contributed by atoms with Gasteiger partial charge >= 0.3 is 0 Å². The van der Waals surface area contributed by atoms with Crippen LogP contribution < -0.4 is 16.0 Å². The maximum Gasteiger partial charge on any atom is 0.134 e. The van der Waals surface area contributed by atoms with Crippen LogP contribution in [0.1, 0.15) is 38.5 Å². The lowest BCUT2D eigenvalue weighted by atomic mass is 9.95. The van der Waals surface area contributed by atoms with E-state index in [1.807, 2.05) is 30.7 Å². The highest BCUT2D eigenvalue weighted by atomic mass is 15.1. The van der Waals surface area contributed by atoms with Gasteiger partial charge in [-0.2, -0.15) is 0 Å². The zero-order chi connectivity index (χ0) is 19.5. The minimum absolute atomic E-state index is 0.412. The van der Waals surface area contributed by atoms with Crippen LogP contribution in [0.3, 0.4) is 0 Å². The van der Waals surface area contributed by atoms with E-state index in [1.165, 1.54) is 32.1 Å². The topological polar surface area (TPSA) is 74.8 Å². The summed E-state index contributed by atoms with van der Waals surface area (Å²) in [4.78, 5) is 13.9. The molecule has 0 radical (unpaired) electrons. The molecule has 3 N–H and O–H groups in total. The van der Waals surface area contributed by atoms with Gasteiger partial charge in [0.15, 0.2) is 0 Å². The maximum atomic E-state index is 5.00. The van der Waals surface area contributed by atoms with Gasteiger partial charge in [0.2, 0.25) is 0 Å². The summed E-state index contributed by atoms with van der Waals surface area (Å²) in [6.07, 6.45) is 13.2. The molecule has 29 heavy (non-hydrogen) atoms. The van der Waals surface area contributed by atoms with Crippen LogP contribution in [0.25, 0.3) is 22.0 Å². The second kappa shape index (κ2) is 8.33. The Kier molecular flexibility index (Phi) is 5.26. The number of rotatable bonds is 5. The van der Waals surface area contributed by atoms with Gasteiger partial charge in [0.25, 0.3) is 0 Å². The average molecular weight is 389 g/mol. The van der Waals surface area contributed by atoms with E-state index in [1.54, 1.807) is 0 Å². The van der Waals surface area contributed by atoms with Gasteiger partial charge < -0.3 is 16.0 Å². The molecule has 0 unspecified atom stereocenters. The summed E-state index contributed by atoms with van der Waals surface area (Å²) in [5.41, 5.74) is 2.03. The lowest BCUT2D eigenvalue weighted by Gasteiger charge is -2.23. The maximum absolute atomic E-state index is 5.00. The molecule has 2 aliphatic rings. The standard InChI is InChI=1S/C23H28N6/c1-2-4-18(5-3-1)27-22-13-16(6-11-26-22)21-12-17-14-24-10-8-20(17)23(29-21)28-19-7-9-25-15-19/h6,8,10-14,18-19,25H,1-5,7,9,15H2,(H,26,27)(H,28,29)/t19-/m0/s1. The fraction of sp³-hybridized carbons (Fsp3) is 0.435. The number of nitrogens with zero attached hydrogens (tertiary/aromatic N) is 3. The molecule has 3 aromatic heterocycles. The molecule has 1 saturated heterocycles. The predicted octanol–water partition coefficient (Wildman–Crippen LogP) is 4.21. The van der Waals surface area contributed by atoms with E-state index < -0.39 is 0 Å². The first-order valence-electron chi connectivity index (χ1n) is 10.8. The van der Waals surface area contributed by atoms with Crippen molar-refractivity contribution in [2.24, 2.45) is 0 Å². The molecule has 0 aromatic carbocycles. The van der Waals surface area contributed by atoms with E-state index in [2.05, 4.69) is 38.1 Å². The van der Waals surface area contributed by atoms with Crippen LogP contribution in [0, 0.1) is 0 Å². The Morgan fingerprint density at radius 3 is 2.72 bits per heavy atom. The van der Waals surface area contributed by atoms with Gasteiger partial charge in [-0.05, 0) is 50.1 Å². The number of anilines is 2. The van der Waals surface area contributed by atoms with Crippen molar-refractivity contribution in [3.63, 3.8) is 0 Å². The van der Waals surface area contributed by atoms with Crippen LogP contribution in [-0.2, 0) is 0 Å². The van der Waals surface area contributed by atoms with Crippen LogP contribution in [-0.4, -0.2) is 40.1 Å². The molecule has 5 rings (SSSR count). The van der Waals surface area contributed by atoms with Crippen molar-refractivity contribution in [2.45, 2.75) is 50.6 Å². The Bertz CT molecular complexity index is 976. The van der Waals surface area contributed by atoms with Gasteiger partial charge in [-0.3, -0.25) is 4.98 Å². The summed E-state index contributed by atoms with van der Waals surface area (Å²) in [5.74, 6) is 1.88. The van der Waals surface area contributed by atoms with Gasteiger partial charge in [-0.1, -0.05) is 19.3 Å². The summed E-state index contributed by atoms with van der Waals surface area (Å²) in [6, 6.07) is 9.28.